The third kappa shape index (κ3) is 4.02. The first kappa shape index (κ1) is 15.4. The zero-order chi connectivity index (χ0) is 15.5. The van der Waals surface area contributed by atoms with Crippen LogP contribution in [0, 0.1) is 6.92 Å². The molecule has 2 N–H and O–H groups in total. The van der Waals surface area contributed by atoms with Gasteiger partial charge in [-0.3, -0.25) is 0 Å². The summed E-state index contributed by atoms with van der Waals surface area (Å²) < 4.78 is 0. The van der Waals surface area contributed by atoms with Crippen LogP contribution >= 0.6 is 23.2 Å². The molecule has 0 spiro atoms. The Labute approximate surface area is 140 Å². The van der Waals surface area contributed by atoms with E-state index in [2.05, 4.69) is 20.6 Å². The quantitative estimate of drug-likeness (QED) is 0.806. The average molecular weight is 337 g/mol. The lowest BCUT2D eigenvalue weighted by Gasteiger charge is -2.14. The van der Waals surface area contributed by atoms with Crippen LogP contribution in [-0.4, -0.2) is 16.0 Å². The summed E-state index contributed by atoms with van der Waals surface area (Å²) >= 11 is 12.0. The average Bonchev–Trinajstić information content (AvgIpc) is 2.89. The van der Waals surface area contributed by atoms with Crippen molar-refractivity contribution in [2.24, 2.45) is 0 Å². The third-order valence-corrected chi connectivity index (χ3v) is 4.11. The molecular formula is C16H18Cl2N4. The molecule has 1 aromatic heterocycles. The van der Waals surface area contributed by atoms with Crippen molar-refractivity contribution in [1.29, 1.82) is 0 Å². The van der Waals surface area contributed by atoms with Gasteiger partial charge in [0.05, 0.1) is 0 Å². The number of rotatable bonds is 4. The smallest absolute Gasteiger partial charge is 0.225 e. The molecule has 22 heavy (non-hydrogen) atoms. The Balaban J connectivity index is 1.79. The Kier molecular flexibility index (Phi) is 4.69. The van der Waals surface area contributed by atoms with Crippen molar-refractivity contribution in [2.75, 3.05) is 10.6 Å². The molecule has 1 aromatic carbocycles. The van der Waals surface area contributed by atoms with Crippen LogP contribution in [0.2, 0.25) is 10.0 Å². The molecule has 0 bridgehead atoms. The van der Waals surface area contributed by atoms with Crippen LogP contribution in [-0.2, 0) is 0 Å². The second-order valence-electron chi connectivity index (χ2n) is 5.63. The van der Waals surface area contributed by atoms with E-state index in [0.29, 0.717) is 22.0 Å². The molecule has 1 saturated carbocycles. The molecule has 0 amide bonds. The number of aryl methyl sites for hydroxylation is 1. The Hall–Kier alpha value is -1.52. The number of halogens is 2. The minimum absolute atomic E-state index is 0.482. The van der Waals surface area contributed by atoms with E-state index < -0.39 is 0 Å². The number of benzene rings is 1. The fourth-order valence-corrected chi connectivity index (χ4v) is 3.25. The van der Waals surface area contributed by atoms with Crippen LogP contribution in [0.3, 0.4) is 0 Å². The van der Waals surface area contributed by atoms with Crippen molar-refractivity contribution >= 4 is 40.7 Å². The normalized spacial score (nSPS) is 15.0. The van der Waals surface area contributed by atoms with Gasteiger partial charge in [-0.2, -0.15) is 4.98 Å². The van der Waals surface area contributed by atoms with E-state index in [4.69, 9.17) is 23.2 Å². The van der Waals surface area contributed by atoms with Crippen molar-refractivity contribution < 1.29 is 0 Å². The first-order valence-corrected chi connectivity index (χ1v) is 8.19. The van der Waals surface area contributed by atoms with Gasteiger partial charge in [0.25, 0.3) is 0 Å². The summed E-state index contributed by atoms with van der Waals surface area (Å²) in [5.74, 6) is 1.40. The summed E-state index contributed by atoms with van der Waals surface area (Å²) in [6.07, 6.45) is 4.92. The molecule has 3 rings (SSSR count). The van der Waals surface area contributed by atoms with Crippen LogP contribution in [0.4, 0.5) is 17.5 Å². The van der Waals surface area contributed by atoms with Gasteiger partial charge in [0.15, 0.2) is 0 Å². The minimum atomic E-state index is 0.482. The summed E-state index contributed by atoms with van der Waals surface area (Å²) in [4.78, 5) is 8.99. The summed E-state index contributed by atoms with van der Waals surface area (Å²) in [7, 11) is 0. The summed E-state index contributed by atoms with van der Waals surface area (Å²) in [5, 5.41) is 7.82. The van der Waals surface area contributed by atoms with Crippen LogP contribution in [0.25, 0.3) is 0 Å². The SMILES string of the molecule is Cc1cc(Nc2cc(Cl)cc(Cl)c2)nc(NC2CCCC2)n1. The highest BCUT2D eigenvalue weighted by Gasteiger charge is 2.16. The van der Waals surface area contributed by atoms with Gasteiger partial charge in [-0.25, -0.2) is 4.98 Å². The fraction of sp³-hybridized carbons (Fsp3) is 0.375. The highest BCUT2D eigenvalue weighted by Crippen LogP contribution is 2.26. The zero-order valence-corrected chi connectivity index (χ0v) is 13.9. The van der Waals surface area contributed by atoms with Gasteiger partial charge in [0.1, 0.15) is 5.82 Å². The third-order valence-electron chi connectivity index (χ3n) is 3.68. The van der Waals surface area contributed by atoms with Crippen molar-refractivity contribution in [3.05, 3.63) is 40.0 Å². The number of aromatic nitrogens is 2. The van der Waals surface area contributed by atoms with Gasteiger partial charge >= 0.3 is 0 Å². The van der Waals surface area contributed by atoms with Crippen LogP contribution < -0.4 is 10.6 Å². The molecule has 1 aliphatic rings. The number of anilines is 3. The maximum Gasteiger partial charge on any atom is 0.225 e. The van der Waals surface area contributed by atoms with Crippen molar-refractivity contribution in [2.45, 2.75) is 38.6 Å². The topological polar surface area (TPSA) is 49.8 Å². The van der Waals surface area contributed by atoms with Crippen LogP contribution in [0.15, 0.2) is 24.3 Å². The van der Waals surface area contributed by atoms with Crippen LogP contribution in [0.1, 0.15) is 31.4 Å². The highest BCUT2D eigenvalue weighted by atomic mass is 35.5. The van der Waals surface area contributed by atoms with E-state index in [1.54, 1.807) is 6.07 Å². The molecule has 6 heteroatoms. The standard InChI is InChI=1S/C16H18Cl2N4/c1-10-6-15(20-14-8-11(17)7-12(18)9-14)22-16(19-10)21-13-4-2-3-5-13/h6-9,13H,2-5H2,1H3,(H2,19,20,21,22). The molecule has 0 atom stereocenters. The van der Waals surface area contributed by atoms with E-state index in [0.717, 1.165) is 17.2 Å². The first-order valence-electron chi connectivity index (χ1n) is 7.44. The minimum Gasteiger partial charge on any atom is -0.351 e. The number of hydrogen-bond donors (Lipinski definition) is 2. The second kappa shape index (κ2) is 6.71. The molecule has 4 nitrogen and oxygen atoms in total. The summed E-state index contributed by atoms with van der Waals surface area (Å²) in [6, 6.07) is 7.71. The summed E-state index contributed by atoms with van der Waals surface area (Å²) in [6.45, 7) is 1.96. The van der Waals surface area contributed by atoms with Gasteiger partial charge < -0.3 is 10.6 Å². The predicted octanol–water partition coefficient (Wildman–Crippen LogP) is 5.19. The molecule has 0 unspecified atom stereocenters. The Morgan fingerprint density at radius 1 is 1.00 bits per heavy atom. The molecule has 116 valence electrons. The molecule has 1 aliphatic carbocycles. The maximum absolute atomic E-state index is 6.02. The second-order valence-corrected chi connectivity index (χ2v) is 6.50. The van der Waals surface area contributed by atoms with Gasteiger partial charge in [-0.05, 0) is 38.0 Å². The van der Waals surface area contributed by atoms with E-state index in [9.17, 15) is 0 Å². The largest absolute Gasteiger partial charge is 0.351 e. The Bertz CT molecular complexity index is 649. The van der Waals surface area contributed by atoms with Gasteiger partial charge in [0.2, 0.25) is 5.95 Å². The van der Waals surface area contributed by atoms with Gasteiger partial charge in [-0.15, -0.1) is 0 Å². The highest BCUT2D eigenvalue weighted by molar-refractivity contribution is 6.35. The van der Waals surface area contributed by atoms with E-state index in [-0.39, 0.29) is 0 Å². The molecule has 0 saturated heterocycles. The summed E-state index contributed by atoms with van der Waals surface area (Å²) in [5.41, 5.74) is 1.72. The number of nitrogens with zero attached hydrogens (tertiary/aromatic N) is 2. The van der Waals surface area contributed by atoms with Crippen molar-refractivity contribution in [1.82, 2.24) is 9.97 Å². The van der Waals surface area contributed by atoms with E-state index in [1.807, 2.05) is 25.1 Å². The molecular weight excluding hydrogens is 319 g/mol. The van der Waals surface area contributed by atoms with Gasteiger partial charge in [-0.1, -0.05) is 36.0 Å². The molecule has 1 fully saturated rings. The van der Waals surface area contributed by atoms with E-state index >= 15 is 0 Å². The molecule has 1 heterocycles. The Morgan fingerprint density at radius 3 is 2.36 bits per heavy atom. The van der Waals surface area contributed by atoms with Crippen LogP contribution in [0.5, 0.6) is 0 Å². The predicted molar refractivity (Wildman–Crippen MR) is 92.4 cm³/mol. The molecule has 0 radical (unpaired) electrons. The molecule has 0 aliphatic heterocycles. The Morgan fingerprint density at radius 2 is 1.68 bits per heavy atom. The fourth-order valence-electron chi connectivity index (χ4n) is 2.72. The lowest BCUT2D eigenvalue weighted by molar-refractivity contribution is 0.743. The van der Waals surface area contributed by atoms with Gasteiger partial charge in [0, 0.05) is 33.5 Å². The monoisotopic (exact) mass is 336 g/mol. The van der Waals surface area contributed by atoms with Crippen molar-refractivity contribution in [3.8, 4) is 0 Å². The zero-order valence-electron chi connectivity index (χ0n) is 12.4. The number of hydrogen-bond acceptors (Lipinski definition) is 4. The first-order chi connectivity index (χ1) is 10.6. The number of nitrogens with one attached hydrogen (secondary N) is 2. The molecule has 2 aromatic rings. The lowest BCUT2D eigenvalue weighted by Crippen LogP contribution is -2.17. The lowest BCUT2D eigenvalue weighted by atomic mass is 10.2. The van der Waals surface area contributed by atoms with Crippen molar-refractivity contribution in [3.63, 3.8) is 0 Å². The van der Waals surface area contributed by atoms with E-state index in [1.165, 1.54) is 25.7 Å². The maximum atomic E-state index is 6.02.